The van der Waals surface area contributed by atoms with Crippen molar-refractivity contribution in [1.82, 2.24) is 29.0 Å². The topological polar surface area (TPSA) is 116 Å². The standard InChI is InChI=1S/C28H32N8O2/c1-33(14-15-34-11-2-3-12-34)27-28(38)36(20-4-6-21(37)7-5-20)26-24(32-27)9-8-23(31-26)22-18-30-35-13-10-19(17-29)16-25(22)35/h8-10,13,16,18,20-21,37H,2-7,11-12,14-15H2,1H3/t20-,21-. The third kappa shape index (κ3) is 4.52. The van der Waals surface area contributed by atoms with Crippen LogP contribution in [0.25, 0.3) is 27.9 Å². The lowest BCUT2D eigenvalue weighted by Gasteiger charge is -2.29. The van der Waals surface area contributed by atoms with Crippen molar-refractivity contribution in [2.24, 2.45) is 0 Å². The molecule has 1 saturated carbocycles. The van der Waals surface area contributed by atoms with Crippen LogP contribution < -0.4 is 10.5 Å². The fraction of sp³-hybridized carbons (Fsp3) is 0.464. The first-order chi connectivity index (χ1) is 18.5. The first-order valence-corrected chi connectivity index (χ1v) is 13.4. The third-order valence-electron chi connectivity index (χ3n) is 7.99. The molecule has 6 rings (SSSR count). The van der Waals surface area contributed by atoms with Gasteiger partial charge in [0.2, 0.25) is 0 Å². The second-order valence-electron chi connectivity index (χ2n) is 10.5. The van der Waals surface area contributed by atoms with Gasteiger partial charge in [-0.25, -0.2) is 14.5 Å². The van der Waals surface area contributed by atoms with Crippen LogP contribution in [-0.4, -0.2) is 73.5 Å². The molecule has 10 heteroatoms. The third-order valence-corrected chi connectivity index (χ3v) is 7.99. The van der Waals surface area contributed by atoms with Gasteiger partial charge in [0.05, 0.1) is 35.1 Å². The molecule has 2 fully saturated rings. The van der Waals surface area contributed by atoms with E-state index in [1.807, 2.05) is 28.6 Å². The summed E-state index contributed by atoms with van der Waals surface area (Å²) >= 11 is 0. The lowest BCUT2D eigenvalue weighted by atomic mass is 9.93. The van der Waals surface area contributed by atoms with E-state index in [9.17, 15) is 15.2 Å². The zero-order chi connectivity index (χ0) is 26.2. The number of aliphatic hydroxyl groups is 1. The largest absolute Gasteiger partial charge is 0.393 e. The Bertz CT molecular complexity index is 1570. The van der Waals surface area contributed by atoms with Gasteiger partial charge in [-0.3, -0.25) is 9.36 Å². The van der Waals surface area contributed by atoms with Crippen molar-refractivity contribution in [2.75, 3.05) is 38.1 Å². The SMILES string of the molecule is CN(CCN1CCCC1)c1nc2ccc(-c3cnn4ccc(C#N)cc34)nc2n([C@H]2CC[C@H](O)CC2)c1=O. The van der Waals surface area contributed by atoms with Crippen molar-refractivity contribution in [2.45, 2.75) is 50.7 Å². The second kappa shape index (κ2) is 10.2. The Hall–Kier alpha value is -3.81. The highest BCUT2D eigenvalue weighted by Crippen LogP contribution is 2.31. The summed E-state index contributed by atoms with van der Waals surface area (Å²) in [4.78, 5) is 28.1. The summed E-state index contributed by atoms with van der Waals surface area (Å²) in [6, 6.07) is 9.46. The lowest BCUT2D eigenvalue weighted by molar-refractivity contribution is 0.111. The van der Waals surface area contributed by atoms with E-state index in [1.54, 1.807) is 29.0 Å². The first kappa shape index (κ1) is 24.5. The van der Waals surface area contributed by atoms with Crippen LogP contribution >= 0.6 is 0 Å². The maximum atomic E-state index is 14.0. The van der Waals surface area contributed by atoms with E-state index in [4.69, 9.17) is 9.97 Å². The van der Waals surface area contributed by atoms with Crippen molar-refractivity contribution in [3.8, 4) is 17.3 Å². The molecule has 1 saturated heterocycles. The fourth-order valence-corrected chi connectivity index (χ4v) is 5.78. The Morgan fingerprint density at radius 3 is 2.68 bits per heavy atom. The summed E-state index contributed by atoms with van der Waals surface area (Å²) < 4.78 is 3.53. The molecule has 1 aliphatic heterocycles. The van der Waals surface area contributed by atoms with Crippen molar-refractivity contribution >= 4 is 22.5 Å². The molecule has 0 spiro atoms. The lowest BCUT2D eigenvalue weighted by Crippen LogP contribution is -2.38. The molecule has 0 unspecified atom stereocenters. The molecule has 4 aromatic rings. The molecule has 0 radical (unpaired) electrons. The number of anilines is 1. The van der Waals surface area contributed by atoms with Crippen molar-refractivity contribution < 1.29 is 5.11 Å². The number of aliphatic hydroxyl groups excluding tert-OH is 1. The Morgan fingerprint density at radius 2 is 1.92 bits per heavy atom. The summed E-state index contributed by atoms with van der Waals surface area (Å²) in [6.45, 7) is 3.85. The highest BCUT2D eigenvalue weighted by atomic mass is 16.3. The molecule has 4 aromatic heterocycles. The maximum Gasteiger partial charge on any atom is 0.295 e. The quantitative estimate of drug-likeness (QED) is 0.419. The number of hydrogen-bond donors (Lipinski definition) is 1. The summed E-state index contributed by atoms with van der Waals surface area (Å²) in [7, 11) is 1.94. The molecule has 38 heavy (non-hydrogen) atoms. The molecule has 0 atom stereocenters. The molecule has 5 heterocycles. The second-order valence-corrected chi connectivity index (χ2v) is 10.5. The molecule has 10 nitrogen and oxygen atoms in total. The number of pyridine rings is 2. The number of rotatable bonds is 6. The number of nitriles is 1. The van der Waals surface area contributed by atoms with Gasteiger partial charge in [0.25, 0.3) is 5.56 Å². The fourth-order valence-electron chi connectivity index (χ4n) is 5.78. The Balaban J connectivity index is 1.45. The van der Waals surface area contributed by atoms with Crippen molar-refractivity contribution in [3.05, 3.63) is 52.6 Å². The van der Waals surface area contributed by atoms with Gasteiger partial charge in [0.1, 0.15) is 5.52 Å². The molecular formula is C28H32N8O2. The summed E-state index contributed by atoms with van der Waals surface area (Å²) in [5.41, 5.74) is 3.84. The van der Waals surface area contributed by atoms with Crippen LogP contribution in [0.1, 0.15) is 50.1 Å². The minimum absolute atomic E-state index is 0.0565. The molecule has 196 valence electrons. The van der Waals surface area contributed by atoms with Crippen LogP contribution in [0.4, 0.5) is 5.82 Å². The van der Waals surface area contributed by atoms with Gasteiger partial charge in [-0.05, 0) is 75.9 Å². The van der Waals surface area contributed by atoms with E-state index in [0.29, 0.717) is 53.9 Å². The van der Waals surface area contributed by atoms with E-state index in [-0.39, 0.29) is 17.7 Å². The normalized spacial score (nSPS) is 20.2. The molecule has 0 amide bonds. The van der Waals surface area contributed by atoms with Crippen LogP contribution in [-0.2, 0) is 0 Å². The number of likely N-dealkylation sites (tertiary alicyclic amines) is 1. The molecule has 0 aromatic carbocycles. The van der Waals surface area contributed by atoms with Gasteiger partial charge in [-0.15, -0.1) is 0 Å². The van der Waals surface area contributed by atoms with Gasteiger partial charge < -0.3 is 14.9 Å². The highest BCUT2D eigenvalue weighted by Gasteiger charge is 2.27. The summed E-state index contributed by atoms with van der Waals surface area (Å²) in [5.74, 6) is 0.437. The van der Waals surface area contributed by atoms with Gasteiger partial charge in [0.15, 0.2) is 11.5 Å². The Kier molecular flexibility index (Phi) is 6.55. The van der Waals surface area contributed by atoms with Crippen LogP contribution in [0, 0.1) is 11.3 Å². The van der Waals surface area contributed by atoms with Gasteiger partial charge in [-0.1, -0.05) is 0 Å². The van der Waals surface area contributed by atoms with Crippen LogP contribution in [0.3, 0.4) is 0 Å². The monoisotopic (exact) mass is 512 g/mol. The smallest absolute Gasteiger partial charge is 0.295 e. The number of fused-ring (bicyclic) bond motifs is 2. The molecule has 0 bridgehead atoms. The van der Waals surface area contributed by atoms with E-state index in [2.05, 4.69) is 16.1 Å². The average molecular weight is 513 g/mol. The zero-order valence-electron chi connectivity index (χ0n) is 21.6. The zero-order valence-corrected chi connectivity index (χ0v) is 21.6. The predicted molar refractivity (Wildman–Crippen MR) is 145 cm³/mol. The van der Waals surface area contributed by atoms with Crippen LogP contribution in [0.5, 0.6) is 0 Å². The molecule has 1 N–H and O–H groups in total. The predicted octanol–water partition coefficient (Wildman–Crippen LogP) is 2.99. The van der Waals surface area contributed by atoms with E-state index < -0.39 is 0 Å². The van der Waals surface area contributed by atoms with E-state index >= 15 is 0 Å². The van der Waals surface area contributed by atoms with Crippen LogP contribution in [0.15, 0.2) is 41.5 Å². The highest BCUT2D eigenvalue weighted by molar-refractivity contribution is 5.83. The average Bonchev–Trinajstić information content (AvgIpc) is 3.61. The van der Waals surface area contributed by atoms with Crippen LogP contribution in [0.2, 0.25) is 0 Å². The molecule has 1 aliphatic carbocycles. The van der Waals surface area contributed by atoms with Crippen molar-refractivity contribution in [1.29, 1.82) is 5.26 Å². The number of nitrogens with zero attached hydrogens (tertiary/aromatic N) is 8. The van der Waals surface area contributed by atoms with E-state index in [0.717, 1.165) is 37.3 Å². The van der Waals surface area contributed by atoms with Gasteiger partial charge in [-0.2, -0.15) is 10.4 Å². The minimum Gasteiger partial charge on any atom is -0.393 e. The maximum absolute atomic E-state index is 14.0. The number of aromatic nitrogens is 5. The molecular weight excluding hydrogens is 480 g/mol. The van der Waals surface area contributed by atoms with Gasteiger partial charge >= 0.3 is 0 Å². The Labute approximate surface area is 220 Å². The van der Waals surface area contributed by atoms with E-state index in [1.165, 1.54) is 12.8 Å². The number of hydrogen-bond acceptors (Lipinski definition) is 8. The van der Waals surface area contributed by atoms with Gasteiger partial charge in [0, 0.05) is 37.9 Å². The molecule has 2 aliphatic rings. The Morgan fingerprint density at radius 1 is 1.13 bits per heavy atom. The summed E-state index contributed by atoms with van der Waals surface area (Å²) in [6.07, 6.45) is 8.38. The van der Waals surface area contributed by atoms with Crippen molar-refractivity contribution in [3.63, 3.8) is 0 Å². The minimum atomic E-state index is -0.325. The first-order valence-electron chi connectivity index (χ1n) is 13.4. The summed E-state index contributed by atoms with van der Waals surface area (Å²) in [5, 5.41) is 23.9. The number of likely N-dealkylation sites (N-methyl/N-ethyl adjacent to an activating group) is 1.